The molecule has 0 aromatic carbocycles. The first-order chi connectivity index (χ1) is 7.63. The maximum atomic E-state index is 11.2. The molecular weight excluding hydrogens is 222 g/mol. The predicted molar refractivity (Wildman–Crippen MR) is 70.4 cm³/mol. The molecule has 1 aromatic rings. The SMILES string of the molecule is CCNc1cncc(NCC(C)S(C)=O)c1. The van der Waals surface area contributed by atoms with Crippen LogP contribution in [0.2, 0.25) is 0 Å². The Kier molecular flexibility index (Phi) is 5.25. The van der Waals surface area contributed by atoms with Gasteiger partial charge in [-0.1, -0.05) is 0 Å². The summed E-state index contributed by atoms with van der Waals surface area (Å²) in [6, 6.07) is 2.00. The number of rotatable bonds is 6. The summed E-state index contributed by atoms with van der Waals surface area (Å²) in [6.45, 7) is 5.58. The number of aromatic nitrogens is 1. The minimum atomic E-state index is -0.791. The first kappa shape index (κ1) is 13.0. The topological polar surface area (TPSA) is 54.0 Å². The lowest BCUT2D eigenvalue weighted by atomic mass is 10.3. The zero-order valence-electron chi connectivity index (χ0n) is 9.99. The maximum absolute atomic E-state index is 11.2. The number of hydrogen-bond acceptors (Lipinski definition) is 4. The molecule has 2 N–H and O–H groups in total. The normalized spacial score (nSPS) is 14.2. The minimum absolute atomic E-state index is 0.141. The molecule has 16 heavy (non-hydrogen) atoms. The standard InChI is InChI=1S/C11H19N3OS/c1-4-13-10-5-11(8-12-7-10)14-6-9(2)16(3)15/h5,7-9,13-14H,4,6H2,1-3H3. The highest BCUT2D eigenvalue weighted by atomic mass is 32.2. The highest BCUT2D eigenvalue weighted by Gasteiger charge is 2.05. The number of nitrogens with one attached hydrogen (secondary N) is 2. The fraction of sp³-hybridized carbons (Fsp3) is 0.545. The van der Waals surface area contributed by atoms with Crippen LogP contribution in [0.15, 0.2) is 18.5 Å². The van der Waals surface area contributed by atoms with Gasteiger partial charge >= 0.3 is 0 Å². The molecule has 1 rings (SSSR count). The van der Waals surface area contributed by atoms with Gasteiger partial charge < -0.3 is 10.6 Å². The summed E-state index contributed by atoms with van der Waals surface area (Å²) in [5.74, 6) is 0. The van der Waals surface area contributed by atoms with Gasteiger partial charge in [0.15, 0.2) is 0 Å². The molecule has 0 aliphatic carbocycles. The van der Waals surface area contributed by atoms with Gasteiger partial charge in [0.1, 0.15) is 0 Å². The second-order valence-corrected chi connectivity index (χ2v) is 5.48. The molecule has 0 aliphatic heterocycles. The Hall–Kier alpha value is -1.10. The van der Waals surface area contributed by atoms with E-state index in [4.69, 9.17) is 0 Å². The van der Waals surface area contributed by atoms with Gasteiger partial charge in [0, 0.05) is 35.4 Å². The van der Waals surface area contributed by atoms with E-state index in [2.05, 4.69) is 15.6 Å². The van der Waals surface area contributed by atoms with Crippen LogP contribution in [0, 0.1) is 0 Å². The summed E-state index contributed by atoms with van der Waals surface area (Å²) >= 11 is 0. The van der Waals surface area contributed by atoms with Crippen molar-refractivity contribution in [3.8, 4) is 0 Å². The van der Waals surface area contributed by atoms with Crippen LogP contribution in [0.25, 0.3) is 0 Å². The third kappa shape index (κ3) is 4.18. The van der Waals surface area contributed by atoms with Crippen LogP contribution >= 0.6 is 0 Å². The van der Waals surface area contributed by atoms with Crippen LogP contribution in [0.4, 0.5) is 11.4 Å². The van der Waals surface area contributed by atoms with Crippen molar-refractivity contribution in [3.63, 3.8) is 0 Å². The molecule has 4 nitrogen and oxygen atoms in total. The van der Waals surface area contributed by atoms with E-state index < -0.39 is 10.8 Å². The minimum Gasteiger partial charge on any atom is -0.384 e. The van der Waals surface area contributed by atoms with Crippen molar-refractivity contribution in [1.29, 1.82) is 0 Å². The number of pyridine rings is 1. The largest absolute Gasteiger partial charge is 0.384 e. The van der Waals surface area contributed by atoms with Gasteiger partial charge in [0.05, 0.1) is 23.8 Å². The maximum Gasteiger partial charge on any atom is 0.0547 e. The molecule has 0 saturated heterocycles. The van der Waals surface area contributed by atoms with Crippen molar-refractivity contribution in [1.82, 2.24) is 4.98 Å². The van der Waals surface area contributed by atoms with Crippen molar-refractivity contribution >= 4 is 22.2 Å². The van der Waals surface area contributed by atoms with Crippen LogP contribution in [-0.2, 0) is 10.8 Å². The van der Waals surface area contributed by atoms with Crippen molar-refractivity contribution in [2.24, 2.45) is 0 Å². The molecule has 5 heteroatoms. The summed E-state index contributed by atoms with van der Waals surface area (Å²) in [4.78, 5) is 4.13. The fourth-order valence-electron chi connectivity index (χ4n) is 1.22. The molecule has 2 atom stereocenters. The molecule has 0 aliphatic rings. The van der Waals surface area contributed by atoms with E-state index in [1.54, 1.807) is 18.6 Å². The van der Waals surface area contributed by atoms with Crippen LogP contribution < -0.4 is 10.6 Å². The van der Waals surface area contributed by atoms with Crippen LogP contribution in [0.3, 0.4) is 0 Å². The summed E-state index contributed by atoms with van der Waals surface area (Å²) in [5, 5.41) is 6.57. The zero-order valence-corrected chi connectivity index (χ0v) is 10.8. The number of anilines is 2. The van der Waals surface area contributed by atoms with Gasteiger partial charge in [-0.2, -0.15) is 0 Å². The van der Waals surface area contributed by atoms with Gasteiger partial charge in [-0.15, -0.1) is 0 Å². The third-order valence-corrected chi connectivity index (χ3v) is 3.58. The molecular formula is C11H19N3OS. The van der Waals surface area contributed by atoms with Crippen molar-refractivity contribution in [2.45, 2.75) is 19.1 Å². The van der Waals surface area contributed by atoms with E-state index in [1.807, 2.05) is 19.9 Å². The second kappa shape index (κ2) is 6.48. The Morgan fingerprint density at radius 1 is 1.38 bits per heavy atom. The van der Waals surface area contributed by atoms with Gasteiger partial charge in [-0.05, 0) is 19.9 Å². The molecule has 2 unspecified atom stereocenters. The lowest BCUT2D eigenvalue weighted by Crippen LogP contribution is -2.20. The average molecular weight is 241 g/mol. The zero-order chi connectivity index (χ0) is 12.0. The average Bonchev–Trinajstić information content (AvgIpc) is 2.26. The fourth-order valence-corrected chi connectivity index (χ4v) is 1.53. The third-order valence-electron chi connectivity index (χ3n) is 2.28. The Balaban J connectivity index is 2.53. The van der Waals surface area contributed by atoms with E-state index in [9.17, 15) is 4.21 Å². The quantitative estimate of drug-likeness (QED) is 0.796. The monoisotopic (exact) mass is 241 g/mol. The molecule has 0 radical (unpaired) electrons. The van der Waals surface area contributed by atoms with Crippen LogP contribution in [0.5, 0.6) is 0 Å². The number of nitrogens with zero attached hydrogens (tertiary/aromatic N) is 1. The summed E-state index contributed by atoms with van der Waals surface area (Å²) in [6.07, 6.45) is 5.28. The van der Waals surface area contributed by atoms with Crippen LogP contribution in [-0.4, -0.2) is 33.8 Å². The van der Waals surface area contributed by atoms with Gasteiger partial charge in [0.2, 0.25) is 0 Å². The van der Waals surface area contributed by atoms with Gasteiger partial charge in [0.25, 0.3) is 0 Å². The van der Waals surface area contributed by atoms with E-state index in [0.717, 1.165) is 17.9 Å². The predicted octanol–water partition coefficient (Wildman–Crippen LogP) is 1.69. The molecule has 0 spiro atoms. The Bertz CT molecular complexity index is 357. The number of hydrogen-bond donors (Lipinski definition) is 2. The smallest absolute Gasteiger partial charge is 0.0547 e. The highest BCUT2D eigenvalue weighted by molar-refractivity contribution is 7.84. The summed E-state index contributed by atoms with van der Waals surface area (Å²) in [7, 11) is -0.791. The molecule has 0 bridgehead atoms. The summed E-state index contributed by atoms with van der Waals surface area (Å²) < 4.78 is 11.2. The Morgan fingerprint density at radius 2 is 2.00 bits per heavy atom. The van der Waals surface area contributed by atoms with E-state index in [0.29, 0.717) is 6.54 Å². The van der Waals surface area contributed by atoms with Crippen molar-refractivity contribution in [3.05, 3.63) is 18.5 Å². The van der Waals surface area contributed by atoms with Gasteiger partial charge in [-0.25, -0.2) is 0 Å². The molecule has 1 aromatic heterocycles. The lowest BCUT2D eigenvalue weighted by molar-refractivity contribution is 0.679. The van der Waals surface area contributed by atoms with Crippen molar-refractivity contribution < 1.29 is 4.21 Å². The first-order valence-corrected chi connectivity index (χ1v) is 7.00. The van der Waals surface area contributed by atoms with E-state index in [1.165, 1.54) is 0 Å². The Morgan fingerprint density at radius 3 is 2.56 bits per heavy atom. The second-order valence-electron chi connectivity index (χ2n) is 3.68. The molecule has 0 fully saturated rings. The molecule has 90 valence electrons. The van der Waals surface area contributed by atoms with E-state index in [-0.39, 0.29) is 5.25 Å². The molecule has 1 heterocycles. The Labute approximate surface area is 99.3 Å². The first-order valence-electron chi connectivity index (χ1n) is 5.38. The lowest BCUT2D eigenvalue weighted by Gasteiger charge is -2.11. The van der Waals surface area contributed by atoms with Crippen LogP contribution in [0.1, 0.15) is 13.8 Å². The van der Waals surface area contributed by atoms with E-state index >= 15 is 0 Å². The highest BCUT2D eigenvalue weighted by Crippen LogP contribution is 2.12. The van der Waals surface area contributed by atoms with Gasteiger partial charge in [-0.3, -0.25) is 9.19 Å². The van der Waals surface area contributed by atoms with Crippen molar-refractivity contribution in [2.75, 3.05) is 30.0 Å². The summed E-state index contributed by atoms with van der Waals surface area (Å²) in [5.41, 5.74) is 1.95. The molecule has 0 saturated carbocycles. The molecule has 0 amide bonds.